The molecule has 1 aromatic rings. The van der Waals surface area contributed by atoms with Gasteiger partial charge in [-0.1, -0.05) is 26.0 Å². The van der Waals surface area contributed by atoms with E-state index in [0.717, 1.165) is 5.56 Å². The molecule has 0 saturated heterocycles. The minimum Gasteiger partial charge on any atom is -0.493 e. The Hall–Kier alpha value is -1.75. The highest BCUT2D eigenvalue weighted by molar-refractivity contribution is 5.81. The van der Waals surface area contributed by atoms with E-state index in [2.05, 4.69) is 5.32 Å². The second kappa shape index (κ2) is 6.99. The lowest BCUT2D eigenvalue weighted by atomic mass is 10.0. The molecule has 0 bridgehead atoms. The van der Waals surface area contributed by atoms with Crippen LogP contribution in [0.3, 0.4) is 0 Å². The first-order chi connectivity index (χ1) is 9.01. The van der Waals surface area contributed by atoms with Gasteiger partial charge in [-0.3, -0.25) is 4.79 Å². The highest BCUT2D eigenvalue weighted by atomic mass is 16.5. The number of benzene rings is 1. The van der Waals surface area contributed by atoms with Crippen LogP contribution in [0.25, 0.3) is 0 Å². The summed E-state index contributed by atoms with van der Waals surface area (Å²) in [7, 11) is 3.15. The molecule has 0 aliphatic heterocycles. The van der Waals surface area contributed by atoms with Crippen LogP contribution < -0.4 is 20.5 Å². The van der Waals surface area contributed by atoms with Crippen molar-refractivity contribution in [2.75, 3.05) is 14.2 Å². The topological polar surface area (TPSA) is 73.6 Å². The number of hydrogen-bond acceptors (Lipinski definition) is 4. The van der Waals surface area contributed by atoms with Crippen LogP contribution in [-0.4, -0.2) is 26.2 Å². The smallest absolute Gasteiger partial charge is 0.237 e. The van der Waals surface area contributed by atoms with E-state index in [0.29, 0.717) is 18.0 Å². The zero-order chi connectivity index (χ0) is 14.4. The third kappa shape index (κ3) is 3.86. The van der Waals surface area contributed by atoms with Crippen molar-refractivity contribution in [2.45, 2.75) is 26.4 Å². The normalized spacial score (nSPS) is 12.1. The third-order valence-corrected chi connectivity index (χ3v) is 2.96. The van der Waals surface area contributed by atoms with Crippen LogP contribution in [0, 0.1) is 5.92 Å². The number of ether oxygens (including phenoxy) is 2. The lowest BCUT2D eigenvalue weighted by Gasteiger charge is -2.17. The summed E-state index contributed by atoms with van der Waals surface area (Å²) in [5.74, 6) is 1.21. The summed E-state index contributed by atoms with van der Waals surface area (Å²) >= 11 is 0. The van der Waals surface area contributed by atoms with Gasteiger partial charge >= 0.3 is 0 Å². The van der Waals surface area contributed by atoms with Crippen LogP contribution in [0.15, 0.2) is 18.2 Å². The van der Waals surface area contributed by atoms with Crippen LogP contribution in [0.5, 0.6) is 11.5 Å². The van der Waals surface area contributed by atoms with Gasteiger partial charge in [-0.2, -0.15) is 0 Å². The highest BCUT2D eigenvalue weighted by Crippen LogP contribution is 2.30. The summed E-state index contributed by atoms with van der Waals surface area (Å²) in [6.45, 7) is 4.19. The monoisotopic (exact) mass is 266 g/mol. The lowest BCUT2D eigenvalue weighted by molar-refractivity contribution is -0.123. The molecule has 0 aliphatic rings. The molecule has 19 heavy (non-hydrogen) atoms. The molecule has 0 heterocycles. The molecule has 5 nitrogen and oxygen atoms in total. The largest absolute Gasteiger partial charge is 0.493 e. The SMILES string of the molecule is COc1cccc(CNC(=O)[C@@H](N)C(C)C)c1OC. The van der Waals surface area contributed by atoms with Crippen molar-refractivity contribution in [3.05, 3.63) is 23.8 Å². The molecule has 0 spiro atoms. The van der Waals surface area contributed by atoms with Gasteiger partial charge in [0.05, 0.1) is 20.3 Å². The van der Waals surface area contributed by atoms with E-state index in [1.165, 1.54) is 0 Å². The predicted octanol–water partition coefficient (Wildman–Crippen LogP) is 1.30. The predicted molar refractivity (Wildman–Crippen MR) is 74.2 cm³/mol. The van der Waals surface area contributed by atoms with Gasteiger partial charge in [-0.25, -0.2) is 0 Å². The van der Waals surface area contributed by atoms with Crippen LogP contribution in [0.2, 0.25) is 0 Å². The molecule has 0 radical (unpaired) electrons. The molecule has 106 valence electrons. The number of nitrogens with two attached hydrogens (primary N) is 1. The molecule has 3 N–H and O–H groups in total. The van der Waals surface area contributed by atoms with E-state index in [-0.39, 0.29) is 11.8 Å². The van der Waals surface area contributed by atoms with E-state index in [1.54, 1.807) is 14.2 Å². The standard InChI is InChI=1S/C14H22N2O3/c1-9(2)12(15)14(17)16-8-10-6-5-7-11(18-3)13(10)19-4/h5-7,9,12H,8,15H2,1-4H3,(H,16,17)/t12-/m0/s1. The molecule has 0 unspecified atom stereocenters. The second-order valence-corrected chi connectivity index (χ2v) is 4.64. The summed E-state index contributed by atoms with van der Waals surface area (Å²) in [5, 5.41) is 2.81. The molecule has 1 amide bonds. The van der Waals surface area contributed by atoms with Crippen molar-refractivity contribution in [1.82, 2.24) is 5.32 Å². The average Bonchev–Trinajstić information content (AvgIpc) is 2.42. The van der Waals surface area contributed by atoms with Crippen molar-refractivity contribution in [2.24, 2.45) is 11.7 Å². The fraction of sp³-hybridized carbons (Fsp3) is 0.500. The Labute approximate surface area is 114 Å². The second-order valence-electron chi connectivity index (χ2n) is 4.64. The number of amides is 1. The Bertz CT molecular complexity index is 433. The minimum atomic E-state index is -0.503. The number of hydrogen-bond donors (Lipinski definition) is 2. The molecule has 1 rings (SSSR count). The molecule has 5 heteroatoms. The number of carbonyl (C=O) groups is 1. The fourth-order valence-corrected chi connectivity index (χ4v) is 1.70. The Kier molecular flexibility index (Phi) is 5.63. The number of carbonyl (C=O) groups excluding carboxylic acids is 1. The van der Waals surface area contributed by atoms with Crippen LogP contribution in [0.4, 0.5) is 0 Å². The molecule has 0 aliphatic carbocycles. The molecule has 0 fully saturated rings. The Morgan fingerprint density at radius 3 is 2.53 bits per heavy atom. The van der Waals surface area contributed by atoms with Gasteiger partial charge < -0.3 is 20.5 Å². The molecular weight excluding hydrogens is 244 g/mol. The molecular formula is C14H22N2O3. The summed E-state index contributed by atoms with van der Waals surface area (Å²) < 4.78 is 10.5. The lowest BCUT2D eigenvalue weighted by Crippen LogP contribution is -2.43. The van der Waals surface area contributed by atoms with Crippen molar-refractivity contribution < 1.29 is 14.3 Å². The van der Waals surface area contributed by atoms with Crippen molar-refractivity contribution in [1.29, 1.82) is 0 Å². The van der Waals surface area contributed by atoms with Gasteiger partial charge in [0.2, 0.25) is 5.91 Å². The van der Waals surface area contributed by atoms with Gasteiger partial charge in [-0.15, -0.1) is 0 Å². The maximum absolute atomic E-state index is 11.8. The first-order valence-electron chi connectivity index (χ1n) is 6.24. The summed E-state index contributed by atoms with van der Waals surface area (Å²) in [6.07, 6.45) is 0. The number of methoxy groups -OCH3 is 2. The Morgan fingerprint density at radius 1 is 1.32 bits per heavy atom. The first kappa shape index (κ1) is 15.3. The average molecular weight is 266 g/mol. The molecule has 1 atom stereocenters. The summed E-state index contributed by atoms with van der Waals surface area (Å²) in [4.78, 5) is 11.8. The van der Waals surface area contributed by atoms with E-state index < -0.39 is 6.04 Å². The molecule has 0 aromatic heterocycles. The Balaban J connectivity index is 2.75. The summed E-state index contributed by atoms with van der Waals surface area (Å²) in [6, 6.07) is 5.04. The van der Waals surface area contributed by atoms with E-state index in [4.69, 9.17) is 15.2 Å². The van der Waals surface area contributed by atoms with Crippen LogP contribution >= 0.6 is 0 Å². The fourth-order valence-electron chi connectivity index (χ4n) is 1.70. The van der Waals surface area contributed by atoms with E-state index in [1.807, 2.05) is 32.0 Å². The van der Waals surface area contributed by atoms with Crippen molar-refractivity contribution >= 4 is 5.91 Å². The van der Waals surface area contributed by atoms with E-state index >= 15 is 0 Å². The van der Waals surface area contributed by atoms with E-state index in [9.17, 15) is 4.79 Å². The maximum Gasteiger partial charge on any atom is 0.237 e. The van der Waals surface area contributed by atoms with Gasteiger partial charge in [0.25, 0.3) is 0 Å². The zero-order valence-corrected chi connectivity index (χ0v) is 11.9. The third-order valence-electron chi connectivity index (χ3n) is 2.96. The molecule has 0 saturated carbocycles. The van der Waals surface area contributed by atoms with Crippen molar-refractivity contribution in [3.63, 3.8) is 0 Å². The van der Waals surface area contributed by atoms with Crippen LogP contribution in [-0.2, 0) is 11.3 Å². The Morgan fingerprint density at radius 2 is 2.00 bits per heavy atom. The quantitative estimate of drug-likeness (QED) is 0.814. The summed E-state index contributed by atoms with van der Waals surface area (Å²) in [5.41, 5.74) is 6.64. The van der Waals surface area contributed by atoms with Gasteiger partial charge in [-0.05, 0) is 12.0 Å². The van der Waals surface area contributed by atoms with Crippen LogP contribution in [0.1, 0.15) is 19.4 Å². The highest BCUT2D eigenvalue weighted by Gasteiger charge is 2.17. The number of rotatable bonds is 6. The minimum absolute atomic E-state index is 0.104. The molecule has 1 aromatic carbocycles. The number of nitrogens with one attached hydrogen (secondary N) is 1. The first-order valence-corrected chi connectivity index (χ1v) is 6.24. The zero-order valence-electron chi connectivity index (χ0n) is 11.9. The number of para-hydroxylation sites is 1. The van der Waals surface area contributed by atoms with Gasteiger partial charge in [0.15, 0.2) is 11.5 Å². The van der Waals surface area contributed by atoms with Gasteiger partial charge in [0, 0.05) is 12.1 Å². The maximum atomic E-state index is 11.8. The van der Waals surface area contributed by atoms with Crippen molar-refractivity contribution in [3.8, 4) is 11.5 Å². The van der Waals surface area contributed by atoms with Gasteiger partial charge in [0.1, 0.15) is 0 Å².